The molecule has 0 aromatic heterocycles. The van der Waals surface area contributed by atoms with E-state index in [0.29, 0.717) is 13.0 Å². The lowest BCUT2D eigenvalue weighted by atomic mass is 10.2. The van der Waals surface area contributed by atoms with E-state index in [9.17, 15) is 9.59 Å². The Morgan fingerprint density at radius 2 is 1.88 bits per heavy atom. The number of rotatable bonds is 1. The molecule has 1 atom stereocenters. The third-order valence-electron chi connectivity index (χ3n) is 2.44. The highest BCUT2D eigenvalue weighted by molar-refractivity contribution is 5.81. The first-order valence-corrected chi connectivity index (χ1v) is 5.57. The number of hydrogen-bond acceptors (Lipinski definition) is 5. The predicted octanol–water partition coefficient (Wildman–Crippen LogP) is 1.02. The van der Waals surface area contributed by atoms with Gasteiger partial charge in [-0.15, -0.1) is 0 Å². The Morgan fingerprint density at radius 1 is 1.29 bits per heavy atom. The number of esters is 1. The van der Waals surface area contributed by atoms with Gasteiger partial charge < -0.3 is 9.47 Å². The minimum Gasteiger partial charge on any atom is -0.467 e. The summed E-state index contributed by atoms with van der Waals surface area (Å²) >= 11 is 0. The van der Waals surface area contributed by atoms with E-state index in [0.717, 1.165) is 0 Å². The van der Waals surface area contributed by atoms with Gasteiger partial charge in [-0.05, 0) is 27.2 Å². The molecule has 1 rings (SSSR count). The van der Waals surface area contributed by atoms with Gasteiger partial charge in [0.25, 0.3) is 0 Å². The molecule has 98 valence electrons. The third kappa shape index (κ3) is 3.33. The summed E-state index contributed by atoms with van der Waals surface area (Å²) < 4.78 is 9.93. The molecule has 6 nitrogen and oxygen atoms in total. The molecule has 0 unspecified atom stereocenters. The number of carbonyl (C=O) groups excluding carboxylic acids is 2. The molecule has 0 saturated carbocycles. The normalized spacial score (nSPS) is 21.5. The lowest BCUT2D eigenvalue weighted by Crippen LogP contribution is -2.49. The van der Waals surface area contributed by atoms with Gasteiger partial charge in [0.2, 0.25) is 0 Å². The Morgan fingerprint density at radius 3 is 2.35 bits per heavy atom. The highest BCUT2D eigenvalue weighted by Crippen LogP contribution is 2.21. The number of carbonyl (C=O) groups is 2. The summed E-state index contributed by atoms with van der Waals surface area (Å²) in [7, 11) is 3.06. The van der Waals surface area contributed by atoms with Gasteiger partial charge in [0.1, 0.15) is 5.60 Å². The second-order valence-electron chi connectivity index (χ2n) is 5.03. The monoisotopic (exact) mass is 244 g/mol. The minimum absolute atomic E-state index is 0.416. The Labute approximate surface area is 101 Å². The van der Waals surface area contributed by atoms with Crippen molar-refractivity contribution >= 4 is 12.1 Å². The van der Waals surface area contributed by atoms with Gasteiger partial charge in [0.05, 0.1) is 7.11 Å². The molecule has 0 spiro atoms. The van der Waals surface area contributed by atoms with E-state index in [1.165, 1.54) is 12.1 Å². The number of ether oxygens (including phenoxy) is 2. The molecule has 1 heterocycles. The lowest BCUT2D eigenvalue weighted by molar-refractivity contribution is -0.149. The standard InChI is InChI=1S/C11H20N2O4/c1-11(2,3)17-10(15)13-8(9(14)16-5)6-7-12(13)4/h8H,6-7H2,1-5H3/t8-/m0/s1. The summed E-state index contributed by atoms with van der Waals surface area (Å²) in [6.45, 7) is 5.98. The van der Waals surface area contributed by atoms with Crippen molar-refractivity contribution in [1.29, 1.82) is 0 Å². The highest BCUT2D eigenvalue weighted by Gasteiger charge is 2.40. The van der Waals surface area contributed by atoms with Gasteiger partial charge in [-0.1, -0.05) is 0 Å². The van der Waals surface area contributed by atoms with E-state index >= 15 is 0 Å². The summed E-state index contributed by atoms with van der Waals surface area (Å²) in [4.78, 5) is 23.5. The maximum atomic E-state index is 12.0. The molecule has 1 fully saturated rings. The van der Waals surface area contributed by atoms with Crippen LogP contribution >= 0.6 is 0 Å². The quantitative estimate of drug-likeness (QED) is 0.644. The smallest absolute Gasteiger partial charge is 0.425 e. The molecular weight excluding hydrogens is 224 g/mol. The molecular formula is C11H20N2O4. The molecule has 6 heteroatoms. The van der Waals surface area contributed by atoms with Crippen molar-refractivity contribution in [3.05, 3.63) is 0 Å². The van der Waals surface area contributed by atoms with Gasteiger partial charge in [0.15, 0.2) is 6.04 Å². The van der Waals surface area contributed by atoms with E-state index in [-0.39, 0.29) is 0 Å². The first-order chi connectivity index (χ1) is 7.76. The van der Waals surface area contributed by atoms with Crippen molar-refractivity contribution in [2.45, 2.75) is 38.8 Å². The van der Waals surface area contributed by atoms with Crippen LogP contribution in [0.4, 0.5) is 4.79 Å². The van der Waals surface area contributed by atoms with Crippen LogP contribution in [0.2, 0.25) is 0 Å². The summed E-state index contributed by atoms with van der Waals surface area (Å²) in [5.41, 5.74) is -0.582. The van der Waals surface area contributed by atoms with Crippen molar-refractivity contribution in [2.75, 3.05) is 20.7 Å². The Hall–Kier alpha value is -1.30. The highest BCUT2D eigenvalue weighted by atomic mass is 16.6. The zero-order valence-corrected chi connectivity index (χ0v) is 11.0. The van der Waals surface area contributed by atoms with E-state index in [4.69, 9.17) is 4.74 Å². The largest absolute Gasteiger partial charge is 0.467 e. The van der Waals surface area contributed by atoms with Gasteiger partial charge in [0, 0.05) is 13.6 Å². The molecule has 1 amide bonds. The molecule has 0 radical (unpaired) electrons. The summed E-state index contributed by atoms with van der Waals surface area (Å²) in [6.07, 6.45) is 0.0375. The summed E-state index contributed by atoms with van der Waals surface area (Å²) in [5.74, 6) is -0.416. The molecule has 0 aliphatic carbocycles. The number of methoxy groups -OCH3 is 1. The first-order valence-electron chi connectivity index (χ1n) is 5.57. The van der Waals surface area contributed by atoms with E-state index in [2.05, 4.69) is 4.74 Å². The topological polar surface area (TPSA) is 59.1 Å². The average molecular weight is 244 g/mol. The molecule has 0 N–H and O–H groups in total. The molecule has 1 aliphatic heterocycles. The number of hydrazine groups is 1. The van der Waals surface area contributed by atoms with Crippen molar-refractivity contribution < 1.29 is 19.1 Å². The zero-order valence-electron chi connectivity index (χ0n) is 11.0. The van der Waals surface area contributed by atoms with Crippen LogP contribution in [0.15, 0.2) is 0 Å². The Kier molecular flexibility index (Phi) is 3.98. The van der Waals surface area contributed by atoms with E-state index in [1.807, 2.05) is 0 Å². The van der Waals surface area contributed by atoms with Gasteiger partial charge in [-0.2, -0.15) is 0 Å². The maximum Gasteiger partial charge on any atom is 0.425 e. The van der Waals surface area contributed by atoms with Gasteiger partial charge in [-0.25, -0.2) is 19.6 Å². The predicted molar refractivity (Wildman–Crippen MR) is 61.1 cm³/mol. The average Bonchev–Trinajstić information content (AvgIpc) is 2.56. The van der Waals surface area contributed by atoms with Crippen LogP contribution in [0.3, 0.4) is 0 Å². The second kappa shape index (κ2) is 4.91. The number of amides is 1. The summed E-state index contributed by atoms with van der Waals surface area (Å²) in [6, 6.07) is -0.583. The van der Waals surface area contributed by atoms with Gasteiger partial charge >= 0.3 is 12.1 Å². The molecule has 17 heavy (non-hydrogen) atoms. The first kappa shape index (κ1) is 13.8. The molecule has 0 aromatic rings. The third-order valence-corrected chi connectivity index (χ3v) is 2.44. The Bertz CT molecular complexity index is 311. The maximum absolute atomic E-state index is 12.0. The number of nitrogens with zero attached hydrogens (tertiary/aromatic N) is 2. The van der Waals surface area contributed by atoms with E-state index < -0.39 is 23.7 Å². The van der Waals surface area contributed by atoms with Gasteiger partial charge in [-0.3, -0.25) is 0 Å². The SMILES string of the molecule is COC(=O)[C@@H]1CCN(C)N1C(=O)OC(C)(C)C. The van der Waals surface area contributed by atoms with Crippen molar-refractivity contribution in [1.82, 2.24) is 10.0 Å². The van der Waals surface area contributed by atoms with Crippen LogP contribution in [-0.2, 0) is 14.3 Å². The summed E-state index contributed by atoms with van der Waals surface area (Å²) in [5, 5.41) is 2.99. The van der Waals surface area contributed by atoms with Crippen LogP contribution in [0.25, 0.3) is 0 Å². The van der Waals surface area contributed by atoms with Crippen LogP contribution in [-0.4, -0.2) is 54.4 Å². The Balaban J connectivity index is 2.78. The molecule has 0 aromatic carbocycles. The number of hydrogen-bond donors (Lipinski definition) is 0. The van der Waals surface area contributed by atoms with Crippen molar-refractivity contribution in [3.63, 3.8) is 0 Å². The minimum atomic E-state index is -0.583. The fourth-order valence-corrected chi connectivity index (χ4v) is 1.71. The lowest BCUT2D eigenvalue weighted by Gasteiger charge is -2.30. The van der Waals surface area contributed by atoms with Crippen LogP contribution < -0.4 is 0 Å². The molecule has 1 aliphatic rings. The van der Waals surface area contributed by atoms with Crippen LogP contribution in [0, 0.1) is 0 Å². The van der Waals surface area contributed by atoms with Crippen molar-refractivity contribution in [3.8, 4) is 0 Å². The molecule has 0 bridgehead atoms. The van der Waals surface area contributed by atoms with Crippen molar-refractivity contribution in [2.24, 2.45) is 0 Å². The fourth-order valence-electron chi connectivity index (χ4n) is 1.71. The fraction of sp³-hybridized carbons (Fsp3) is 0.818. The zero-order chi connectivity index (χ0) is 13.2. The molecule has 1 saturated heterocycles. The second-order valence-corrected chi connectivity index (χ2v) is 5.03. The van der Waals surface area contributed by atoms with Crippen LogP contribution in [0.1, 0.15) is 27.2 Å². The van der Waals surface area contributed by atoms with E-state index in [1.54, 1.807) is 32.8 Å². The van der Waals surface area contributed by atoms with Crippen LogP contribution in [0.5, 0.6) is 0 Å².